The van der Waals surface area contributed by atoms with E-state index in [-0.39, 0.29) is 0 Å². The largest absolute Gasteiger partial charge is 0.493 e. The fourth-order valence-electron chi connectivity index (χ4n) is 2.37. The van der Waals surface area contributed by atoms with E-state index in [1.165, 1.54) is 0 Å². The minimum atomic E-state index is -0.414. The first-order chi connectivity index (χ1) is 8.75. The Morgan fingerprint density at radius 3 is 3.06 bits per heavy atom. The molecule has 0 radical (unpaired) electrons. The van der Waals surface area contributed by atoms with Crippen LogP contribution in [0.15, 0.2) is 30.5 Å². The van der Waals surface area contributed by atoms with Gasteiger partial charge in [-0.25, -0.2) is 0 Å². The molecule has 94 valence electrons. The highest BCUT2D eigenvalue weighted by Gasteiger charge is 2.18. The zero-order chi connectivity index (χ0) is 12.5. The summed E-state index contributed by atoms with van der Waals surface area (Å²) in [6.45, 7) is 0.666. The van der Waals surface area contributed by atoms with Gasteiger partial charge in [0, 0.05) is 24.4 Å². The molecule has 0 fully saturated rings. The first-order valence-corrected chi connectivity index (χ1v) is 6.19. The maximum atomic E-state index is 10.0. The van der Waals surface area contributed by atoms with Gasteiger partial charge in [-0.2, -0.15) is 5.10 Å². The molecule has 1 atom stereocenters. The minimum absolute atomic E-state index is 0.414. The molecule has 4 heteroatoms. The lowest BCUT2D eigenvalue weighted by molar-refractivity contribution is 0.167. The lowest BCUT2D eigenvalue weighted by Crippen LogP contribution is -1.98. The smallest absolute Gasteiger partial charge is 0.125 e. The molecule has 1 aliphatic rings. The Morgan fingerprint density at radius 1 is 1.39 bits per heavy atom. The van der Waals surface area contributed by atoms with Crippen LogP contribution in [0, 0.1) is 0 Å². The van der Waals surface area contributed by atoms with Gasteiger partial charge in [0.1, 0.15) is 5.75 Å². The van der Waals surface area contributed by atoms with E-state index in [0.29, 0.717) is 6.61 Å². The standard InChI is InChI=1S/C14H16N2O2/c1-16-12(6-7-15-16)10-4-5-11-13(17)3-2-8-18-14(11)9-10/h4-7,9,13,17H,2-3,8H2,1H3/t13-/m1/s1. The van der Waals surface area contributed by atoms with Crippen LogP contribution in [0.1, 0.15) is 24.5 Å². The van der Waals surface area contributed by atoms with Crippen LogP contribution in [0.2, 0.25) is 0 Å². The van der Waals surface area contributed by atoms with Crippen molar-refractivity contribution in [3.63, 3.8) is 0 Å². The van der Waals surface area contributed by atoms with E-state index < -0.39 is 6.10 Å². The van der Waals surface area contributed by atoms with Crippen molar-refractivity contribution in [1.82, 2.24) is 9.78 Å². The van der Waals surface area contributed by atoms with Crippen molar-refractivity contribution in [2.24, 2.45) is 7.05 Å². The second-order valence-electron chi connectivity index (χ2n) is 4.60. The number of aromatic nitrogens is 2. The normalized spacial score (nSPS) is 18.9. The van der Waals surface area contributed by atoms with Crippen molar-refractivity contribution >= 4 is 0 Å². The molecule has 1 N–H and O–H groups in total. The fraction of sp³-hybridized carbons (Fsp3) is 0.357. The van der Waals surface area contributed by atoms with Crippen LogP contribution >= 0.6 is 0 Å². The Bertz CT molecular complexity index is 563. The van der Waals surface area contributed by atoms with Gasteiger partial charge in [-0.1, -0.05) is 12.1 Å². The predicted molar refractivity (Wildman–Crippen MR) is 68.3 cm³/mol. The molecule has 1 aromatic carbocycles. The van der Waals surface area contributed by atoms with E-state index in [1.807, 2.05) is 36.0 Å². The molecule has 0 amide bonds. The summed E-state index contributed by atoms with van der Waals surface area (Å²) >= 11 is 0. The molecule has 2 heterocycles. The van der Waals surface area contributed by atoms with Crippen LogP contribution in [-0.2, 0) is 7.05 Å². The second-order valence-corrected chi connectivity index (χ2v) is 4.60. The highest BCUT2D eigenvalue weighted by Crippen LogP contribution is 2.34. The Labute approximate surface area is 106 Å². The molecule has 4 nitrogen and oxygen atoms in total. The summed E-state index contributed by atoms with van der Waals surface area (Å²) in [6, 6.07) is 7.91. The second kappa shape index (κ2) is 4.46. The Morgan fingerprint density at radius 2 is 2.28 bits per heavy atom. The summed E-state index contributed by atoms with van der Waals surface area (Å²) in [5.74, 6) is 0.790. The lowest BCUT2D eigenvalue weighted by atomic mass is 10.0. The summed E-state index contributed by atoms with van der Waals surface area (Å²) in [5.41, 5.74) is 2.99. The lowest BCUT2D eigenvalue weighted by Gasteiger charge is -2.12. The van der Waals surface area contributed by atoms with Gasteiger partial charge in [-0.15, -0.1) is 0 Å². The van der Waals surface area contributed by atoms with Gasteiger partial charge < -0.3 is 9.84 Å². The van der Waals surface area contributed by atoms with Crippen LogP contribution in [-0.4, -0.2) is 21.5 Å². The number of fused-ring (bicyclic) bond motifs is 1. The van der Waals surface area contributed by atoms with E-state index in [0.717, 1.165) is 35.4 Å². The van der Waals surface area contributed by atoms with Crippen LogP contribution in [0.25, 0.3) is 11.3 Å². The van der Waals surface area contributed by atoms with Gasteiger partial charge in [0.05, 0.1) is 18.4 Å². The third kappa shape index (κ3) is 1.88. The van der Waals surface area contributed by atoms with Gasteiger partial charge in [0.15, 0.2) is 0 Å². The average Bonchev–Trinajstić information content (AvgIpc) is 2.71. The Balaban J connectivity index is 2.05. The number of benzene rings is 1. The summed E-state index contributed by atoms with van der Waals surface area (Å²) in [4.78, 5) is 0. The summed E-state index contributed by atoms with van der Waals surface area (Å²) in [6.07, 6.45) is 3.01. The molecule has 0 unspecified atom stereocenters. The number of aryl methyl sites for hydroxylation is 1. The van der Waals surface area contributed by atoms with Gasteiger partial charge >= 0.3 is 0 Å². The first-order valence-electron chi connectivity index (χ1n) is 6.19. The minimum Gasteiger partial charge on any atom is -0.493 e. The van der Waals surface area contributed by atoms with Crippen molar-refractivity contribution in [3.05, 3.63) is 36.0 Å². The van der Waals surface area contributed by atoms with Crippen LogP contribution in [0.5, 0.6) is 5.75 Å². The van der Waals surface area contributed by atoms with Crippen molar-refractivity contribution < 1.29 is 9.84 Å². The monoisotopic (exact) mass is 244 g/mol. The van der Waals surface area contributed by atoms with Gasteiger partial charge in [-0.05, 0) is 25.0 Å². The first kappa shape index (κ1) is 11.3. The van der Waals surface area contributed by atoms with Crippen LogP contribution < -0.4 is 4.74 Å². The van der Waals surface area contributed by atoms with E-state index in [9.17, 15) is 5.11 Å². The average molecular weight is 244 g/mol. The molecule has 0 spiro atoms. The molecule has 0 saturated heterocycles. The molecule has 1 aromatic heterocycles. The molecule has 0 bridgehead atoms. The van der Waals surface area contributed by atoms with E-state index in [4.69, 9.17) is 4.74 Å². The van der Waals surface area contributed by atoms with Crippen molar-refractivity contribution in [1.29, 1.82) is 0 Å². The molecule has 1 aliphatic heterocycles. The zero-order valence-electron chi connectivity index (χ0n) is 10.3. The predicted octanol–water partition coefficient (Wildman–Crippen LogP) is 2.29. The van der Waals surface area contributed by atoms with Crippen molar-refractivity contribution in [2.75, 3.05) is 6.61 Å². The van der Waals surface area contributed by atoms with Gasteiger partial charge in [-0.3, -0.25) is 4.68 Å². The summed E-state index contributed by atoms with van der Waals surface area (Å²) in [5, 5.41) is 14.2. The number of aliphatic hydroxyl groups excluding tert-OH is 1. The Hall–Kier alpha value is -1.81. The maximum Gasteiger partial charge on any atom is 0.125 e. The quantitative estimate of drug-likeness (QED) is 0.837. The third-order valence-electron chi connectivity index (χ3n) is 3.37. The fourth-order valence-corrected chi connectivity index (χ4v) is 2.37. The number of rotatable bonds is 1. The number of hydrogen-bond acceptors (Lipinski definition) is 3. The zero-order valence-corrected chi connectivity index (χ0v) is 10.3. The maximum absolute atomic E-state index is 10.0. The molecule has 18 heavy (non-hydrogen) atoms. The van der Waals surface area contributed by atoms with E-state index in [1.54, 1.807) is 6.20 Å². The van der Waals surface area contributed by atoms with Crippen LogP contribution in [0.4, 0.5) is 0 Å². The molecular formula is C14H16N2O2. The number of aliphatic hydroxyl groups is 1. The summed E-state index contributed by atoms with van der Waals surface area (Å²) < 4.78 is 7.54. The summed E-state index contributed by atoms with van der Waals surface area (Å²) in [7, 11) is 1.91. The molecule has 0 saturated carbocycles. The highest BCUT2D eigenvalue weighted by atomic mass is 16.5. The van der Waals surface area contributed by atoms with E-state index >= 15 is 0 Å². The molecule has 2 aromatic rings. The SMILES string of the molecule is Cn1nccc1-c1ccc2c(c1)OCCC[C@H]2O. The number of ether oxygens (including phenoxy) is 1. The molecule has 3 rings (SSSR count). The van der Waals surface area contributed by atoms with Gasteiger partial charge in [0.25, 0.3) is 0 Å². The van der Waals surface area contributed by atoms with E-state index in [2.05, 4.69) is 5.10 Å². The number of hydrogen-bond donors (Lipinski definition) is 1. The third-order valence-corrected chi connectivity index (χ3v) is 3.37. The molecular weight excluding hydrogens is 228 g/mol. The Kier molecular flexibility index (Phi) is 2.80. The number of nitrogens with zero attached hydrogens (tertiary/aromatic N) is 2. The molecule has 0 aliphatic carbocycles. The van der Waals surface area contributed by atoms with Crippen molar-refractivity contribution in [2.45, 2.75) is 18.9 Å². The van der Waals surface area contributed by atoms with Crippen molar-refractivity contribution in [3.8, 4) is 17.0 Å². The van der Waals surface area contributed by atoms with Crippen LogP contribution in [0.3, 0.4) is 0 Å². The highest BCUT2D eigenvalue weighted by molar-refractivity contribution is 5.63. The topological polar surface area (TPSA) is 47.3 Å². The van der Waals surface area contributed by atoms with Gasteiger partial charge in [0.2, 0.25) is 0 Å².